The zero-order valence-electron chi connectivity index (χ0n) is 24.0. The van der Waals surface area contributed by atoms with Gasteiger partial charge in [0.25, 0.3) is 0 Å². The van der Waals surface area contributed by atoms with Gasteiger partial charge < -0.3 is 24.0 Å². The highest BCUT2D eigenvalue weighted by Gasteiger charge is 2.34. The molecule has 2 aromatic rings. The molecule has 1 saturated heterocycles. The maximum absolute atomic E-state index is 13.3. The molecule has 0 radical (unpaired) electrons. The van der Waals surface area contributed by atoms with Crippen LogP contribution in [-0.2, 0) is 30.3 Å². The number of urea groups is 1. The summed E-state index contributed by atoms with van der Waals surface area (Å²) in [5, 5.41) is 0. The van der Waals surface area contributed by atoms with Gasteiger partial charge in [-0.1, -0.05) is 12.1 Å². The smallest absolute Gasteiger partial charge is 0.320 e. The fourth-order valence-corrected chi connectivity index (χ4v) is 5.19. The van der Waals surface area contributed by atoms with E-state index in [0.717, 1.165) is 18.4 Å². The lowest BCUT2D eigenvalue weighted by molar-refractivity contribution is -0.147. The van der Waals surface area contributed by atoms with Crippen LogP contribution < -0.4 is 9.64 Å². The van der Waals surface area contributed by atoms with Crippen LogP contribution in [-0.4, -0.2) is 90.1 Å². The molecule has 0 N–H and O–H groups in total. The summed E-state index contributed by atoms with van der Waals surface area (Å²) < 4.78 is 16.0. The molecule has 1 unspecified atom stereocenters. The molecule has 2 aromatic heterocycles. The monoisotopic (exact) mass is 567 g/mol. The van der Waals surface area contributed by atoms with Gasteiger partial charge >= 0.3 is 18.0 Å². The third kappa shape index (κ3) is 7.11. The number of pyridine rings is 2. The maximum Gasteiger partial charge on any atom is 0.320 e. The van der Waals surface area contributed by atoms with Crippen molar-refractivity contribution in [2.24, 2.45) is 0 Å². The third-order valence-corrected chi connectivity index (χ3v) is 7.27. The molecular formula is C29H37N5O7. The normalized spacial score (nSPS) is 16.2. The number of anilines is 1. The number of carbonyl (C=O) groups excluding carboxylic acids is 4. The lowest BCUT2D eigenvalue weighted by atomic mass is 10.0. The molecule has 2 atom stereocenters. The standard InChI is InChI=1S/C29H37N5O7/c1-5-40-28(37)23(22-9-11-26(39-4)30-17-22)18-33-16-15-32(29(33)38)14-12-25(41-20(3)36)24-10-8-21-7-6-13-34(19(2)35)27(21)31-24/h8-11,17,23,25H,5-7,12-16,18H2,1-4H3/t23?,25-/m0/s1. The molecule has 2 aliphatic rings. The van der Waals surface area contributed by atoms with Crippen LogP contribution in [0.2, 0.25) is 0 Å². The van der Waals surface area contributed by atoms with Crippen LogP contribution in [0.25, 0.3) is 0 Å². The third-order valence-electron chi connectivity index (χ3n) is 7.27. The van der Waals surface area contributed by atoms with E-state index in [9.17, 15) is 19.2 Å². The van der Waals surface area contributed by atoms with E-state index >= 15 is 0 Å². The molecule has 2 aliphatic heterocycles. The van der Waals surface area contributed by atoms with Gasteiger partial charge in [0.05, 0.1) is 19.4 Å². The number of fused-ring (bicyclic) bond motifs is 1. The van der Waals surface area contributed by atoms with Crippen LogP contribution in [0.4, 0.5) is 10.6 Å². The number of amides is 3. The zero-order chi connectivity index (χ0) is 29.5. The Morgan fingerprint density at radius 1 is 1.05 bits per heavy atom. The van der Waals surface area contributed by atoms with Crippen molar-refractivity contribution in [3.8, 4) is 5.88 Å². The number of esters is 2. The highest BCUT2D eigenvalue weighted by molar-refractivity contribution is 5.91. The molecular weight excluding hydrogens is 530 g/mol. The number of aromatic nitrogens is 2. The quantitative estimate of drug-likeness (QED) is 0.376. The summed E-state index contributed by atoms with van der Waals surface area (Å²) in [5.74, 6) is -0.662. The van der Waals surface area contributed by atoms with Crippen molar-refractivity contribution in [2.75, 3.05) is 51.3 Å². The topological polar surface area (TPSA) is 131 Å². The lowest BCUT2D eigenvalue weighted by Crippen LogP contribution is -2.37. The molecule has 1 fully saturated rings. The van der Waals surface area contributed by atoms with Gasteiger partial charge in [-0.25, -0.2) is 14.8 Å². The second kappa shape index (κ2) is 13.4. The predicted octanol–water partition coefficient (Wildman–Crippen LogP) is 2.86. The number of nitrogens with zero attached hydrogens (tertiary/aromatic N) is 5. The van der Waals surface area contributed by atoms with Crippen molar-refractivity contribution in [3.05, 3.63) is 47.3 Å². The average Bonchev–Trinajstić information content (AvgIpc) is 3.31. The molecule has 41 heavy (non-hydrogen) atoms. The molecule has 0 bridgehead atoms. The van der Waals surface area contributed by atoms with Gasteiger partial charge in [-0.15, -0.1) is 0 Å². The Morgan fingerprint density at radius 3 is 2.49 bits per heavy atom. The highest BCUT2D eigenvalue weighted by atomic mass is 16.5. The molecule has 0 spiro atoms. The maximum atomic E-state index is 13.3. The lowest BCUT2D eigenvalue weighted by Gasteiger charge is -2.29. The van der Waals surface area contributed by atoms with E-state index in [4.69, 9.17) is 19.2 Å². The number of hydrogen-bond acceptors (Lipinski definition) is 9. The summed E-state index contributed by atoms with van der Waals surface area (Å²) in [6.07, 6.45) is 2.88. The largest absolute Gasteiger partial charge is 0.481 e. The number of hydrogen-bond donors (Lipinski definition) is 0. The predicted molar refractivity (Wildman–Crippen MR) is 148 cm³/mol. The molecule has 4 heterocycles. The molecule has 3 amide bonds. The van der Waals surface area contributed by atoms with Gasteiger partial charge in [-0.2, -0.15) is 0 Å². The molecule has 0 saturated carbocycles. The van der Waals surface area contributed by atoms with Crippen LogP contribution in [0.3, 0.4) is 0 Å². The van der Waals surface area contributed by atoms with Crippen molar-refractivity contribution < 1.29 is 33.4 Å². The zero-order valence-corrected chi connectivity index (χ0v) is 24.0. The van der Waals surface area contributed by atoms with E-state index in [1.54, 1.807) is 40.0 Å². The second-order valence-corrected chi connectivity index (χ2v) is 10.0. The molecule has 4 rings (SSSR count). The summed E-state index contributed by atoms with van der Waals surface area (Å²) in [6.45, 7) is 6.73. The van der Waals surface area contributed by atoms with Gasteiger partial charge in [0.2, 0.25) is 11.8 Å². The first-order chi connectivity index (χ1) is 19.7. The van der Waals surface area contributed by atoms with E-state index < -0.39 is 24.0 Å². The van der Waals surface area contributed by atoms with Crippen LogP contribution in [0, 0.1) is 0 Å². The SMILES string of the molecule is CCOC(=O)C(CN1CCN(CC[C@H](OC(C)=O)c2ccc3c(n2)N(C(C)=O)CCC3)C1=O)c1ccc(OC)nc1. The van der Waals surface area contributed by atoms with Crippen LogP contribution in [0.5, 0.6) is 5.88 Å². The number of methoxy groups -OCH3 is 1. The van der Waals surface area contributed by atoms with Crippen molar-refractivity contribution in [3.63, 3.8) is 0 Å². The fourth-order valence-electron chi connectivity index (χ4n) is 5.19. The van der Waals surface area contributed by atoms with Gasteiger partial charge in [0.15, 0.2) is 0 Å². The van der Waals surface area contributed by atoms with Gasteiger partial charge in [0.1, 0.15) is 17.8 Å². The number of ether oxygens (including phenoxy) is 3. The number of rotatable bonds is 11. The van der Waals surface area contributed by atoms with Gasteiger partial charge in [-0.05, 0) is 37.0 Å². The molecule has 12 heteroatoms. The summed E-state index contributed by atoms with van der Waals surface area (Å²) in [7, 11) is 1.51. The van der Waals surface area contributed by atoms with E-state index in [-0.39, 0.29) is 25.1 Å². The Kier molecular flexibility index (Phi) is 9.74. The van der Waals surface area contributed by atoms with Gasteiger partial charge in [0, 0.05) is 65.3 Å². The Morgan fingerprint density at radius 2 is 1.83 bits per heavy atom. The van der Waals surface area contributed by atoms with Crippen molar-refractivity contribution in [1.82, 2.24) is 19.8 Å². The Hall–Kier alpha value is -4.22. The number of carbonyl (C=O) groups is 4. The first-order valence-electron chi connectivity index (χ1n) is 13.9. The van der Waals surface area contributed by atoms with E-state index in [1.165, 1.54) is 21.0 Å². The van der Waals surface area contributed by atoms with Crippen molar-refractivity contribution in [1.29, 1.82) is 0 Å². The van der Waals surface area contributed by atoms with Gasteiger partial charge in [-0.3, -0.25) is 19.3 Å². The first-order valence-corrected chi connectivity index (χ1v) is 13.9. The molecule has 12 nitrogen and oxygen atoms in total. The van der Waals surface area contributed by atoms with Crippen LogP contribution in [0.1, 0.15) is 62.5 Å². The van der Waals surface area contributed by atoms with Crippen LogP contribution >= 0.6 is 0 Å². The molecule has 220 valence electrons. The van der Waals surface area contributed by atoms with E-state index in [2.05, 4.69) is 4.98 Å². The summed E-state index contributed by atoms with van der Waals surface area (Å²) >= 11 is 0. The molecule has 0 aromatic carbocycles. The van der Waals surface area contributed by atoms with E-state index in [1.807, 2.05) is 12.1 Å². The summed E-state index contributed by atoms with van der Waals surface area (Å²) in [6, 6.07) is 6.94. The highest BCUT2D eigenvalue weighted by Crippen LogP contribution is 2.30. The van der Waals surface area contributed by atoms with Crippen LogP contribution in [0.15, 0.2) is 30.5 Å². The van der Waals surface area contributed by atoms with Crippen molar-refractivity contribution >= 4 is 29.7 Å². The average molecular weight is 568 g/mol. The minimum Gasteiger partial charge on any atom is -0.481 e. The molecule has 0 aliphatic carbocycles. The number of aryl methyl sites for hydroxylation is 1. The summed E-state index contributed by atoms with van der Waals surface area (Å²) in [4.78, 5) is 64.1. The minimum absolute atomic E-state index is 0.0889. The second-order valence-electron chi connectivity index (χ2n) is 10.0. The van der Waals surface area contributed by atoms with E-state index in [0.29, 0.717) is 55.6 Å². The van der Waals surface area contributed by atoms with Crippen molar-refractivity contribution in [2.45, 2.75) is 52.1 Å². The first kappa shape index (κ1) is 29.8. The Labute approximate surface area is 239 Å². The Bertz CT molecular complexity index is 1270. The minimum atomic E-state index is -0.699. The summed E-state index contributed by atoms with van der Waals surface area (Å²) in [5.41, 5.74) is 2.14. The fraction of sp³-hybridized carbons (Fsp3) is 0.517. The Balaban J connectivity index is 1.45.